The third-order valence-corrected chi connectivity index (χ3v) is 6.00. The Bertz CT molecular complexity index is 962. The van der Waals surface area contributed by atoms with Crippen LogP contribution >= 0.6 is 23.2 Å². The summed E-state index contributed by atoms with van der Waals surface area (Å²) in [6.07, 6.45) is 5.28. The van der Waals surface area contributed by atoms with Gasteiger partial charge < -0.3 is 9.80 Å². The molecule has 0 aliphatic carbocycles. The first-order chi connectivity index (χ1) is 15.2. The van der Waals surface area contributed by atoms with Crippen LogP contribution in [0.5, 0.6) is 0 Å². The first kappa shape index (κ1) is 24.0. The van der Waals surface area contributed by atoms with Crippen LogP contribution in [-0.2, 0) is 9.59 Å². The molecule has 0 radical (unpaired) electrons. The first-order valence-electron chi connectivity index (χ1n) is 10.0. The van der Waals surface area contributed by atoms with Gasteiger partial charge in [-0.3, -0.25) is 9.59 Å². The van der Waals surface area contributed by atoms with Crippen LogP contribution in [0.15, 0.2) is 48.6 Å². The summed E-state index contributed by atoms with van der Waals surface area (Å²) in [6.45, 7) is 4.25. The van der Waals surface area contributed by atoms with E-state index >= 15 is 0 Å². The fourth-order valence-electron chi connectivity index (χ4n) is 3.58. The van der Waals surface area contributed by atoms with Crippen molar-refractivity contribution in [2.75, 3.05) is 13.1 Å². The summed E-state index contributed by atoms with van der Waals surface area (Å²) in [5, 5.41) is 0.431. The average molecular weight is 479 g/mol. The van der Waals surface area contributed by atoms with E-state index < -0.39 is 11.6 Å². The van der Waals surface area contributed by atoms with E-state index in [-0.39, 0.29) is 45.1 Å². The summed E-state index contributed by atoms with van der Waals surface area (Å²) in [5.74, 6) is -1.63. The van der Waals surface area contributed by atoms with E-state index in [4.69, 9.17) is 23.2 Å². The van der Waals surface area contributed by atoms with Gasteiger partial charge in [-0.05, 0) is 50.3 Å². The number of carbonyl (C=O) groups is 2. The largest absolute Gasteiger partial charge is 0.333 e. The molecule has 1 heterocycles. The summed E-state index contributed by atoms with van der Waals surface area (Å²) in [6, 6.07) is 8.08. The van der Waals surface area contributed by atoms with Crippen LogP contribution < -0.4 is 0 Å². The van der Waals surface area contributed by atoms with E-state index in [2.05, 4.69) is 0 Å². The highest BCUT2D eigenvalue weighted by Gasteiger charge is 2.33. The fourth-order valence-corrected chi connectivity index (χ4v) is 4.03. The second kappa shape index (κ2) is 10.3. The molecule has 32 heavy (non-hydrogen) atoms. The monoisotopic (exact) mass is 478 g/mol. The zero-order chi connectivity index (χ0) is 23.4. The molecule has 4 nitrogen and oxygen atoms in total. The van der Waals surface area contributed by atoms with Gasteiger partial charge in [0.2, 0.25) is 11.8 Å². The zero-order valence-corrected chi connectivity index (χ0v) is 19.1. The van der Waals surface area contributed by atoms with Gasteiger partial charge in [-0.1, -0.05) is 35.3 Å². The molecule has 0 spiro atoms. The van der Waals surface area contributed by atoms with Crippen LogP contribution in [-0.4, -0.2) is 46.8 Å². The lowest BCUT2D eigenvalue weighted by atomic mass is 10.1. The minimum absolute atomic E-state index is 0.147. The Morgan fingerprint density at radius 1 is 0.812 bits per heavy atom. The maximum absolute atomic E-state index is 13.9. The van der Waals surface area contributed by atoms with Crippen LogP contribution in [0.2, 0.25) is 10.0 Å². The summed E-state index contributed by atoms with van der Waals surface area (Å²) in [7, 11) is 0. The van der Waals surface area contributed by atoms with Gasteiger partial charge in [0, 0.05) is 48.5 Å². The SMILES string of the molecule is CC1CN(C(=O)/C=C/c2c(F)cccc2Cl)C(C)CN1C(=O)/C=C/c1c(F)cccc1Cl. The molecule has 0 saturated carbocycles. The molecule has 1 aliphatic rings. The molecule has 0 bridgehead atoms. The maximum Gasteiger partial charge on any atom is 0.246 e. The summed E-state index contributed by atoms with van der Waals surface area (Å²) < 4.78 is 27.8. The van der Waals surface area contributed by atoms with Gasteiger partial charge in [-0.25, -0.2) is 8.78 Å². The van der Waals surface area contributed by atoms with E-state index in [0.29, 0.717) is 13.1 Å². The lowest BCUT2D eigenvalue weighted by Crippen LogP contribution is -2.59. The number of hydrogen-bond acceptors (Lipinski definition) is 2. The molecule has 1 saturated heterocycles. The van der Waals surface area contributed by atoms with E-state index in [0.717, 1.165) is 0 Å². The van der Waals surface area contributed by atoms with Gasteiger partial charge in [0.05, 0.1) is 10.0 Å². The Labute approximate surface area is 195 Å². The van der Waals surface area contributed by atoms with Crippen LogP contribution in [0.4, 0.5) is 8.78 Å². The zero-order valence-electron chi connectivity index (χ0n) is 17.6. The second-order valence-electron chi connectivity index (χ2n) is 7.62. The highest BCUT2D eigenvalue weighted by atomic mass is 35.5. The second-order valence-corrected chi connectivity index (χ2v) is 8.43. The molecule has 2 aromatic rings. The number of carbonyl (C=O) groups excluding carboxylic acids is 2. The van der Waals surface area contributed by atoms with Crippen molar-refractivity contribution in [3.63, 3.8) is 0 Å². The molecule has 2 atom stereocenters. The van der Waals surface area contributed by atoms with Gasteiger partial charge in [0.25, 0.3) is 0 Å². The van der Waals surface area contributed by atoms with Gasteiger partial charge >= 0.3 is 0 Å². The molecule has 2 aromatic carbocycles. The lowest BCUT2D eigenvalue weighted by Gasteiger charge is -2.43. The molecule has 2 amide bonds. The van der Waals surface area contributed by atoms with Crippen molar-refractivity contribution in [3.8, 4) is 0 Å². The normalized spacial score (nSPS) is 19.2. The maximum atomic E-state index is 13.9. The Balaban J connectivity index is 1.68. The van der Waals surface area contributed by atoms with Gasteiger partial charge in [0.15, 0.2) is 0 Å². The van der Waals surface area contributed by atoms with Gasteiger partial charge in [0.1, 0.15) is 11.6 Å². The molecule has 3 rings (SSSR count). The van der Waals surface area contributed by atoms with Crippen LogP contribution in [0, 0.1) is 11.6 Å². The number of amides is 2. The topological polar surface area (TPSA) is 40.6 Å². The van der Waals surface area contributed by atoms with E-state index in [1.54, 1.807) is 21.9 Å². The Morgan fingerprint density at radius 2 is 1.19 bits per heavy atom. The van der Waals surface area contributed by atoms with Gasteiger partial charge in [-0.2, -0.15) is 0 Å². The van der Waals surface area contributed by atoms with Gasteiger partial charge in [-0.15, -0.1) is 0 Å². The van der Waals surface area contributed by atoms with Crippen molar-refractivity contribution in [1.29, 1.82) is 0 Å². The number of rotatable bonds is 4. The minimum atomic E-state index is -0.514. The van der Waals surface area contributed by atoms with Crippen LogP contribution in [0.1, 0.15) is 25.0 Å². The number of halogens is 4. The molecule has 1 fully saturated rings. The molecule has 2 unspecified atom stereocenters. The fraction of sp³-hybridized carbons (Fsp3) is 0.250. The molecule has 168 valence electrons. The van der Waals surface area contributed by atoms with Crippen molar-refractivity contribution in [2.45, 2.75) is 25.9 Å². The van der Waals surface area contributed by atoms with E-state index in [1.165, 1.54) is 48.6 Å². The molecule has 1 aliphatic heterocycles. The standard InChI is InChI=1S/C24H22Cl2F2N2O2/c1-15-13-30(24(32)12-10-18-20(26)6-4-8-22(18)28)16(2)14-29(15)23(31)11-9-17-19(25)5-3-7-21(17)27/h3-12,15-16H,13-14H2,1-2H3/b11-9+,12-10+. The third kappa shape index (κ3) is 5.37. The molecule has 0 N–H and O–H groups in total. The predicted octanol–water partition coefficient (Wildman–Crippen LogP) is 5.45. The number of benzene rings is 2. The first-order valence-corrected chi connectivity index (χ1v) is 10.8. The van der Waals surface area contributed by atoms with Crippen molar-refractivity contribution < 1.29 is 18.4 Å². The smallest absolute Gasteiger partial charge is 0.246 e. The van der Waals surface area contributed by atoms with Crippen LogP contribution in [0.25, 0.3) is 12.2 Å². The number of hydrogen-bond donors (Lipinski definition) is 0. The van der Waals surface area contributed by atoms with Crippen LogP contribution in [0.3, 0.4) is 0 Å². The molecule has 8 heteroatoms. The number of piperazine rings is 1. The minimum Gasteiger partial charge on any atom is -0.333 e. The average Bonchev–Trinajstić information content (AvgIpc) is 2.74. The highest BCUT2D eigenvalue weighted by Crippen LogP contribution is 2.23. The van der Waals surface area contributed by atoms with Crippen molar-refractivity contribution in [1.82, 2.24) is 9.80 Å². The Morgan fingerprint density at radius 3 is 1.53 bits per heavy atom. The van der Waals surface area contributed by atoms with E-state index in [9.17, 15) is 18.4 Å². The number of nitrogens with zero attached hydrogens (tertiary/aromatic N) is 2. The molecular formula is C24H22Cl2F2N2O2. The highest BCUT2D eigenvalue weighted by molar-refractivity contribution is 6.32. The molecular weight excluding hydrogens is 457 g/mol. The Kier molecular flexibility index (Phi) is 7.69. The summed E-state index contributed by atoms with van der Waals surface area (Å²) in [5.41, 5.74) is 0.294. The van der Waals surface area contributed by atoms with Crippen molar-refractivity contribution in [3.05, 3.63) is 81.4 Å². The third-order valence-electron chi connectivity index (χ3n) is 5.34. The predicted molar refractivity (Wildman–Crippen MR) is 123 cm³/mol. The van der Waals surface area contributed by atoms with Crippen molar-refractivity contribution >= 4 is 47.2 Å². The quantitative estimate of drug-likeness (QED) is 0.548. The summed E-state index contributed by atoms with van der Waals surface area (Å²) in [4.78, 5) is 28.7. The van der Waals surface area contributed by atoms with E-state index in [1.807, 2.05) is 13.8 Å². The Hall–Kier alpha value is -2.70. The summed E-state index contributed by atoms with van der Waals surface area (Å²) >= 11 is 12.0. The lowest BCUT2D eigenvalue weighted by molar-refractivity contribution is -0.139. The van der Waals surface area contributed by atoms with Crippen molar-refractivity contribution in [2.24, 2.45) is 0 Å². The molecule has 0 aromatic heterocycles.